The Morgan fingerprint density at radius 1 is 1.19 bits per heavy atom. The number of carboxylic acid groups (broad SMARTS) is 1. The van der Waals surface area contributed by atoms with Crippen molar-refractivity contribution in [2.24, 2.45) is 5.92 Å². The number of benzene rings is 1. The van der Waals surface area contributed by atoms with Gasteiger partial charge >= 0.3 is 5.97 Å². The van der Waals surface area contributed by atoms with Crippen molar-refractivity contribution in [3.63, 3.8) is 0 Å². The van der Waals surface area contributed by atoms with Crippen molar-refractivity contribution < 1.29 is 29.0 Å². The minimum absolute atomic E-state index is 0.0401. The molecule has 0 saturated carbocycles. The number of carbonyl (C=O) groups is 3. The molecule has 0 spiro atoms. The van der Waals surface area contributed by atoms with Crippen LogP contribution >= 0.6 is 0 Å². The quantitative estimate of drug-likeness (QED) is 0.685. The molecule has 2 amide bonds. The van der Waals surface area contributed by atoms with Gasteiger partial charge in [-0.1, -0.05) is 18.2 Å². The summed E-state index contributed by atoms with van der Waals surface area (Å²) < 4.78 is 10.4. The summed E-state index contributed by atoms with van der Waals surface area (Å²) in [6, 6.07) is 9.12. The molecule has 1 aromatic rings. The van der Waals surface area contributed by atoms with Crippen molar-refractivity contribution in [2.45, 2.75) is 12.8 Å². The lowest BCUT2D eigenvalue weighted by Crippen LogP contribution is -2.47. The van der Waals surface area contributed by atoms with E-state index in [0.29, 0.717) is 31.7 Å². The van der Waals surface area contributed by atoms with Crippen LogP contribution in [0.3, 0.4) is 0 Å². The van der Waals surface area contributed by atoms with Gasteiger partial charge in [-0.05, 0) is 25.0 Å². The summed E-state index contributed by atoms with van der Waals surface area (Å²) in [5.41, 5.74) is 0. The molecular formula is C19H26N2O6. The number of likely N-dealkylation sites (tertiary alicyclic amines) is 1. The number of carbonyl (C=O) groups excluding carboxylic acids is 2. The standard InChI is InChI=1S/C19H26N2O6/c1-26-12-11-21(13-18(23)24)19(25)15-7-9-20(10-8-15)17(22)14-27-16-5-3-2-4-6-16/h2-6,15H,7-14H2,1H3,(H,23,24). The van der Waals surface area contributed by atoms with Gasteiger partial charge in [0.25, 0.3) is 5.91 Å². The fourth-order valence-corrected chi connectivity index (χ4v) is 3.02. The number of methoxy groups -OCH3 is 1. The monoisotopic (exact) mass is 378 g/mol. The molecule has 27 heavy (non-hydrogen) atoms. The zero-order valence-corrected chi connectivity index (χ0v) is 15.5. The van der Waals surface area contributed by atoms with Crippen molar-refractivity contribution in [3.8, 4) is 5.75 Å². The van der Waals surface area contributed by atoms with Crippen LogP contribution < -0.4 is 4.74 Å². The molecule has 1 aliphatic rings. The first-order valence-electron chi connectivity index (χ1n) is 8.96. The molecule has 0 radical (unpaired) electrons. The van der Waals surface area contributed by atoms with Crippen molar-refractivity contribution in [3.05, 3.63) is 30.3 Å². The molecule has 2 rings (SSSR count). The molecule has 1 fully saturated rings. The van der Waals surface area contributed by atoms with Crippen LogP contribution in [0.25, 0.3) is 0 Å². The number of para-hydroxylation sites is 1. The lowest BCUT2D eigenvalue weighted by atomic mass is 9.95. The Bertz CT molecular complexity index is 628. The van der Waals surface area contributed by atoms with Gasteiger partial charge in [0.15, 0.2) is 6.61 Å². The Labute approximate surface area is 158 Å². The van der Waals surface area contributed by atoms with E-state index < -0.39 is 5.97 Å². The Hall–Kier alpha value is -2.61. The molecule has 1 heterocycles. The van der Waals surface area contributed by atoms with Gasteiger partial charge in [-0.2, -0.15) is 0 Å². The fraction of sp³-hybridized carbons (Fsp3) is 0.526. The first kappa shape index (κ1) is 20.7. The highest BCUT2D eigenvalue weighted by Gasteiger charge is 2.31. The Morgan fingerprint density at radius 2 is 1.85 bits per heavy atom. The average molecular weight is 378 g/mol. The fourth-order valence-electron chi connectivity index (χ4n) is 3.02. The third-order valence-electron chi connectivity index (χ3n) is 4.51. The zero-order chi connectivity index (χ0) is 19.6. The molecule has 0 aromatic heterocycles. The lowest BCUT2D eigenvalue weighted by Gasteiger charge is -2.33. The van der Waals surface area contributed by atoms with Crippen LogP contribution in [0.15, 0.2) is 30.3 Å². The molecule has 1 N–H and O–H groups in total. The minimum Gasteiger partial charge on any atom is -0.484 e. The predicted molar refractivity (Wildman–Crippen MR) is 97.3 cm³/mol. The number of rotatable bonds is 9. The van der Waals surface area contributed by atoms with Gasteiger partial charge in [-0.25, -0.2) is 0 Å². The first-order valence-corrected chi connectivity index (χ1v) is 8.96. The van der Waals surface area contributed by atoms with Crippen molar-refractivity contribution in [2.75, 3.05) is 46.5 Å². The second kappa shape index (κ2) is 10.5. The average Bonchev–Trinajstić information content (AvgIpc) is 2.69. The highest BCUT2D eigenvalue weighted by molar-refractivity contribution is 5.83. The van der Waals surface area contributed by atoms with Crippen LogP contribution in [0.5, 0.6) is 5.75 Å². The van der Waals surface area contributed by atoms with E-state index in [0.717, 1.165) is 0 Å². The maximum absolute atomic E-state index is 12.6. The summed E-state index contributed by atoms with van der Waals surface area (Å²) in [5, 5.41) is 9.00. The van der Waals surface area contributed by atoms with Gasteiger partial charge < -0.3 is 24.4 Å². The summed E-state index contributed by atoms with van der Waals surface area (Å²) in [7, 11) is 1.50. The van der Waals surface area contributed by atoms with Crippen LogP contribution in [0, 0.1) is 5.92 Å². The summed E-state index contributed by atoms with van der Waals surface area (Å²) in [4.78, 5) is 38.9. The predicted octanol–water partition coefficient (Wildman–Crippen LogP) is 0.864. The molecule has 0 bridgehead atoms. The molecule has 1 saturated heterocycles. The molecule has 0 aliphatic carbocycles. The lowest BCUT2D eigenvalue weighted by molar-refractivity contribution is -0.148. The summed E-state index contributed by atoms with van der Waals surface area (Å²) in [6.45, 7) is 1.06. The van der Waals surface area contributed by atoms with E-state index in [2.05, 4.69) is 0 Å². The van der Waals surface area contributed by atoms with Crippen LogP contribution in [-0.2, 0) is 19.1 Å². The third kappa shape index (κ3) is 6.56. The Morgan fingerprint density at radius 3 is 2.44 bits per heavy atom. The van der Waals surface area contributed by atoms with Crippen molar-refractivity contribution in [1.29, 1.82) is 0 Å². The highest BCUT2D eigenvalue weighted by Crippen LogP contribution is 2.20. The normalized spacial score (nSPS) is 14.6. The number of piperidine rings is 1. The largest absolute Gasteiger partial charge is 0.484 e. The van der Waals surface area contributed by atoms with E-state index in [9.17, 15) is 14.4 Å². The second-order valence-corrected chi connectivity index (χ2v) is 6.40. The highest BCUT2D eigenvalue weighted by atomic mass is 16.5. The van der Waals surface area contributed by atoms with Crippen LogP contribution in [0.4, 0.5) is 0 Å². The van der Waals surface area contributed by atoms with Crippen LogP contribution in [-0.4, -0.2) is 79.2 Å². The summed E-state index contributed by atoms with van der Waals surface area (Å²) >= 11 is 0. The zero-order valence-electron chi connectivity index (χ0n) is 15.5. The van der Waals surface area contributed by atoms with Crippen LogP contribution in [0.2, 0.25) is 0 Å². The van der Waals surface area contributed by atoms with E-state index >= 15 is 0 Å². The molecule has 1 aromatic carbocycles. The molecule has 8 nitrogen and oxygen atoms in total. The molecule has 8 heteroatoms. The Balaban J connectivity index is 1.81. The van der Waals surface area contributed by atoms with Gasteiger partial charge in [0, 0.05) is 32.7 Å². The van der Waals surface area contributed by atoms with E-state index in [1.807, 2.05) is 18.2 Å². The van der Waals surface area contributed by atoms with E-state index in [1.54, 1.807) is 17.0 Å². The smallest absolute Gasteiger partial charge is 0.323 e. The summed E-state index contributed by atoms with van der Waals surface area (Å²) in [6.07, 6.45) is 1.03. The number of carboxylic acids is 1. The van der Waals surface area contributed by atoms with E-state index in [4.69, 9.17) is 14.6 Å². The van der Waals surface area contributed by atoms with E-state index in [1.165, 1.54) is 12.0 Å². The summed E-state index contributed by atoms with van der Waals surface area (Å²) in [5.74, 6) is -1.00. The minimum atomic E-state index is -1.05. The molecule has 148 valence electrons. The Kier molecular flexibility index (Phi) is 8.06. The van der Waals surface area contributed by atoms with Gasteiger partial charge in [-0.3, -0.25) is 14.4 Å². The molecule has 0 unspecified atom stereocenters. The number of nitrogens with zero attached hydrogens (tertiary/aromatic N) is 2. The number of amides is 2. The van der Waals surface area contributed by atoms with Crippen LogP contribution in [0.1, 0.15) is 12.8 Å². The van der Waals surface area contributed by atoms with Gasteiger partial charge in [0.2, 0.25) is 5.91 Å². The third-order valence-corrected chi connectivity index (χ3v) is 4.51. The second-order valence-electron chi connectivity index (χ2n) is 6.40. The molecule has 1 aliphatic heterocycles. The molecular weight excluding hydrogens is 352 g/mol. The number of hydrogen-bond donors (Lipinski definition) is 1. The maximum Gasteiger partial charge on any atom is 0.323 e. The topological polar surface area (TPSA) is 96.4 Å². The van der Waals surface area contributed by atoms with Gasteiger partial charge in [0.1, 0.15) is 12.3 Å². The SMILES string of the molecule is COCCN(CC(=O)O)C(=O)C1CCN(C(=O)COc2ccccc2)CC1. The number of ether oxygens (including phenoxy) is 2. The first-order chi connectivity index (χ1) is 13.0. The number of hydrogen-bond acceptors (Lipinski definition) is 5. The van der Waals surface area contributed by atoms with Gasteiger partial charge in [0.05, 0.1) is 6.61 Å². The van der Waals surface area contributed by atoms with Crippen molar-refractivity contribution in [1.82, 2.24) is 9.80 Å². The van der Waals surface area contributed by atoms with E-state index in [-0.39, 0.29) is 44.0 Å². The van der Waals surface area contributed by atoms with Gasteiger partial charge in [-0.15, -0.1) is 0 Å². The number of aliphatic carboxylic acids is 1. The van der Waals surface area contributed by atoms with Crippen molar-refractivity contribution >= 4 is 17.8 Å². The molecule has 0 atom stereocenters. The maximum atomic E-state index is 12.6.